The third-order valence-corrected chi connectivity index (χ3v) is 5.47. The molecule has 3 rings (SSSR count). The van der Waals surface area contributed by atoms with Gasteiger partial charge in [-0.3, -0.25) is 9.59 Å². The second-order valence-electron chi connectivity index (χ2n) is 6.33. The number of halogens is 2. The van der Waals surface area contributed by atoms with Crippen LogP contribution in [0.2, 0.25) is 10.0 Å². The summed E-state index contributed by atoms with van der Waals surface area (Å²) in [5, 5.41) is 6.93. The number of hydrogen-bond acceptors (Lipinski definition) is 5. The molecule has 3 aromatic rings. The first-order valence-electron chi connectivity index (χ1n) is 9.12. The third-order valence-electron chi connectivity index (χ3n) is 4.03. The summed E-state index contributed by atoms with van der Waals surface area (Å²) in [6.45, 7) is 1.94. The Balaban J connectivity index is 1.72. The fraction of sp³-hybridized carbons (Fsp3) is 0.190. The van der Waals surface area contributed by atoms with Gasteiger partial charge in [0.25, 0.3) is 0 Å². The number of carbonyl (C=O) groups excluding carboxylic acids is 2. The first-order valence-corrected chi connectivity index (χ1v) is 10.7. The van der Waals surface area contributed by atoms with E-state index in [0.717, 1.165) is 16.6 Å². The first-order chi connectivity index (χ1) is 14.4. The molecule has 0 fully saturated rings. The number of ether oxygens (including phenoxy) is 1. The van der Waals surface area contributed by atoms with Crippen LogP contribution in [-0.2, 0) is 9.59 Å². The maximum atomic E-state index is 12.3. The molecule has 156 valence electrons. The maximum absolute atomic E-state index is 12.3. The van der Waals surface area contributed by atoms with Crippen LogP contribution in [0.3, 0.4) is 0 Å². The van der Waals surface area contributed by atoms with Gasteiger partial charge in [0.2, 0.25) is 11.8 Å². The van der Waals surface area contributed by atoms with E-state index in [1.54, 1.807) is 30.3 Å². The molecule has 0 unspecified atom stereocenters. The van der Waals surface area contributed by atoms with E-state index in [4.69, 9.17) is 27.9 Å². The average molecular weight is 464 g/mol. The minimum absolute atomic E-state index is 0.0632. The van der Waals surface area contributed by atoms with Gasteiger partial charge in [0, 0.05) is 28.8 Å². The van der Waals surface area contributed by atoms with Crippen molar-refractivity contribution < 1.29 is 14.3 Å². The number of rotatable bonds is 7. The highest BCUT2D eigenvalue weighted by atomic mass is 35.5. The number of methoxy groups -OCH3 is 1. The van der Waals surface area contributed by atoms with Crippen molar-refractivity contribution >= 4 is 73.5 Å². The van der Waals surface area contributed by atoms with Crippen molar-refractivity contribution in [3.63, 3.8) is 0 Å². The molecule has 0 aliphatic carbocycles. The molecule has 0 bridgehead atoms. The van der Waals surface area contributed by atoms with Crippen molar-refractivity contribution in [1.29, 1.82) is 0 Å². The molecule has 0 saturated carbocycles. The topological polar surface area (TPSA) is 80.3 Å². The molecule has 1 aromatic heterocycles. The quantitative estimate of drug-likeness (QED) is 0.420. The number of carbonyl (C=O) groups is 2. The summed E-state index contributed by atoms with van der Waals surface area (Å²) in [5.41, 5.74) is 1.96. The lowest BCUT2D eigenvalue weighted by Gasteiger charge is -2.08. The van der Waals surface area contributed by atoms with Crippen molar-refractivity contribution in [2.24, 2.45) is 0 Å². The van der Waals surface area contributed by atoms with Crippen LogP contribution in [0.25, 0.3) is 16.3 Å². The number of amides is 2. The Morgan fingerprint density at radius 2 is 2.00 bits per heavy atom. The monoisotopic (exact) mass is 463 g/mol. The van der Waals surface area contributed by atoms with Crippen molar-refractivity contribution in [3.05, 3.63) is 52.0 Å². The molecule has 2 aromatic carbocycles. The molecule has 0 atom stereocenters. The van der Waals surface area contributed by atoms with Crippen LogP contribution in [0.5, 0.6) is 5.75 Å². The average Bonchev–Trinajstić information content (AvgIpc) is 3.07. The molecule has 2 N–H and O–H groups in total. The van der Waals surface area contributed by atoms with Crippen LogP contribution in [-0.4, -0.2) is 23.9 Å². The maximum Gasteiger partial charge on any atom is 0.248 e. The molecule has 2 amide bonds. The lowest BCUT2D eigenvalue weighted by atomic mass is 10.2. The van der Waals surface area contributed by atoms with Crippen LogP contribution in [0.1, 0.15) is 25.3 Å². The highest BCUT2D eigenvalue weighted by molar-refractivity contribution is 7.22. The number of nitrogens with one attached hydrogen (secondary N) is 2. The highest BCUT2D eigenvalue weighted by Gasteiger charge is 2.10. The van der Waals surface area contributed by atoms with Crippen LogP contribution >= 0.6 is 34.5 Å². The number of anilines is 2. The molecule has 6 nitrogen and oxygen atoms in total. The fourth-order valence-electron chi connectivity index (χ4n) is 2.73. The minimum atomic E-state index is -0.325. The Kier molecular flexibility index (Phi) is 7.31. The first kappa shape index (κ1) is 22.1. The summed E-state index contributed by atoms with van der Waals surface area (Å²) in [6.07, 6.45) is 4.18. The smallest absolute Gasteiger partial charge is 0.248 e. The van der Waals surface area contributed by atoms with Gasteiger partial charge in [-0.15, -0.1) is 0 Å². The SMILES string of the molecule is CCCC(=O)Nc1nc2ccc(NC(=O)/C=C/c3cc(Cl)cc(Cl)c3OC)cc2s1. The van der Waals surface area contributed by atoms with E-state index in [2.05, 4.69) is 15.6 Å². The molecular weight excluding hydrogens is 445 g/mol. The van der Waals surface area contributed by atoms with Crippen molar-refractivity contribution in [3.8, 4) is 5.75 Å². The van der Waals surface area contributed by atoms with E-state index in [1.165, 1.54) is 24.5 Å². The predicted octanol–water partition coefficient (Wildman–Crippen LogP) is 6.00. The number of benzene rings is 2. The minimum Gasteiger partial charge on any atom is -0.495 e. The molecule has 9 heteroatoms. The Morgan fingerprint density at radius 1 is 1.20 bits per heavy atom. The number of thiazole rings is 1. The van der Waals surface area contributed by atoms with Gasteiger partial charge in [-0.2, -0.15) is 0 Å². The fourth-order valence-corrected chi connectivity index (χ4v) is 4.24. The van der Waals surface area contributed by atoms with Crippen LogP contribution in [0.4, 0.5) is 10.8 Å². The van der Waals surface area contributed by atoms with Crippen molar-refractivity contribution in [2.45, 2.75) is 19.8 Å². The summed E-state index contributed by atoms with van der Waals surface area (Å²) < 4.78 is 6.12. The zero-order chi connectivity index (χ0) is 21.7. The van der Waals surface area contributed by atoms with E-state index in [9.17, 15) is 9.59 Å². The lowest BCUT2D eigenvalue weighted by Crippen LogP contribution is -2.09. The molecule has 0 aliphatic heterocycles. The van der Waals surface area contributed by atoms with Gasteiger partial charge in [0.1, 0.15) is 5.75 Å². The standard InChI is InChI=1S/C21H19Cl2N3O3S/c1-3-4-18(27)26-21-25-16-7-6-14(11-17(16)30-21)24-19(28)8-5-12-9-13(22)10-15(23)20(12)29-2/h5-11H,3-4H2,1-2H3,(H,24,28)(H,25,26,27)/b8-5+. The van der Waals surface area contributed by atoms with Crippen molar-refractivity contribution in [1.82, 2.24) is 4.98 Å². The number of aromatic nitrogens is 1. The predicted molar refractivity (Wildman–Crippen MR) is 124 cm³/mol. The van der Waals surface area contributed by atoms with E-state index >= 15 is 0 Å². The largest absolute Gasteiger partial charge is 0.495 e. The van der Waals surface area contributed by atoms with Gasteiger partial charge in [0.05, 0.1) is 22.3 Å². The Labute approximate surface area is 187 Å². The van der Waals surface area contributed by atoms with Gasteiger partial charge >= 0.3 is 0 Å². The summed E-state index contributed by atoms with van der Waals surface area (Å²) >= 11 is 13.5. The van der Waals surface area contributed by atoms with Crippen molar-refractivity contribution in [2.75, 3.05) is 17.7 Å². The highest BCUT2D eigenvalue weighted by Crippen LogP contribution is 2.33. The number of nitrogens with zero attached hydrogens (tertiary/aromatic N) is 1. The van der Waals surface area contributed by atoms with Gasteiger partial charge < -0.3 is 15.4 Å². The van der Waals surface area contributed by atoms with Gasteiger partial charge in [-0.25, -0.2) is 4.98 Å². The van der Waals surface area contributed by atoms with Gasteiger partial charge in [-0.05, 0) is 42.8 Å². The molecule has 0 radical (unpaired) electrons. The molecular formula is C21H19Cl2N3O3S. The van der Waals surface area contributed by atoms with Gasteiger partial charge in [0.15, 0.2) is 5.13 Å². The molecule has 1 heterocycles. The zero-order valence-electron chi connectivity index (χ0n) is 16.3. The summed E-state index contributed by atoms with van der Waals surface area (Å²) in [5.74, 6) is 0.0501. The molecule has 0 aliphatic rings. The van der Waals surface area contributed by atoms with Gasteiger partial charge in [-0.1, -0.05) is 41.5 Å². The third kappa shape index (κ3) is 5.50. The summed E-state index contributed by atoms with van der Waals surface area (Å²) in [6, 6.07) is 8.59. The van der Waals surface area contributed by atoms with Crippen LogP contribution in [0.15, 0.2) is 36.4 Å². The van der Waals surface area contributed by atoms with Crippen LogP contribution < -0.4 is 15.4 Å². The Morgan fingerprint density at radius 3 is 2.73 bits per heavy atom. The van der Waals surface area contributed by atoms with E-state index in [0.29, 0.717) is 38.6 Å². The van der Waals surface area contributed by atoms with Crippen LogP contribution in [0, 0.1) is 0 Å². The second-order valence-corrected chi connectivity index (χ2v) is 8.21. The molecule has 0 saturated heterocycles. The number of fused-ring (bicyclic) bond motifs is 1. The van der Waals surface area contributed by atoms with E-state index in [-0.39, 0.29) is 11.8 Å². The molecule has 30 heavy (non-hydrogen) atoms. The normalized spacial score (nSPS) is 11.1. The number of hydrogen-bond donors (Lipinski definition) is 2. The summed E-state index contributed by atoms with van der Waals surface area (Å²) in [4.78, 5) is 28.5. The Bertz CT molecular complexity index is 1130. The van der Waals surface area contributed by atoms with E-state index in [1.807, 2.05) is 13.0 Å². The second kappa shape index (κ2) is 9.93. The lowest BCUT2D eigenvalue weighted by molar-refractivity contribution is -0.116. The summed E-state index contributed by atoms with van der Waals surface area (Å²) in [7, 11) is 1.50. The zero-order valence-corrected chi connectivity index (χ0v) is 18.6. The Hall–Kier alpha value is -2.61. The van der Waals surface area contributed by atoms with E-state index < -0.39 is 0 Å². The molecule has 0 spiro atoms.